The molecule has 2 atom stereocenters. The first kappa shape index (κ1) is 20.1. The highest BCUT2D eigenvalue weighted by atomic mass is 32.2. The van der Waals surface area contributed by atoms with E-state index >= 15 is 0 Å². The second-order valence-corrected chi connectivity index (χ2v) is 8.65. The maximum absolute atomic E-state index is 13.0. The van der Waals surface area contributed by atoms with Crippen molar-refractivity contribution < 1.29 is 4.79 Å². The van der Waals surface area contributed by atoms with Crippen LogP contribution in [0.4, 0.5) is 0 Å². The Labute approximate surface area is 178 Å². The molecule has 4 aromatic rings. The third-order valence-electron chi connectivity index (χ3n) is 4.76. The molecule has 30 heavy (non-hydrogen) atoms. The maximum atomic E-state index is 13.0. The number of imidazole rings is 1. The molecule has 0 spiro atoms. The van der Waals surface area contributed by atoms with Gasteiger partial charge in [-0.2, -0.15) is 4.68 Å². The first-order valence-corrected chi connectivity index (χ1v) is 10.7. The van der Waals surface area contributed by atoms with Crippen LogP contribution in [0.15, 0.2) is 59.8 Å². The van der Waals surface area contributed by atoms with Gasteiger partial charge in [-0.1, -0.05) is 55.9 Å². The van der Waals surface area contributed by atoms with Gasteiger partial charge in [0, 0.05) is 0 Å². The van der Waals surface area contributed by atoms with E-state index in [0.29, 0.717) is 5.16 Å². The Kier molecular flexibility index (Phi) is 5.80. The SMILES string of the molecule is CC(Sc1nnnn1-c1ccccc1)C(=O)NC(c1nc2ccccc2[nH]1)C(C)C. The highest BCUT2D eigenvalue weighted by Gasteiger charge is 2.26. The number of rotatable bonds is 7. The van der Waals surface area contributed by atoms with Crippen LogP contribution in [0, 0.1) is 5.92 Å². The number of hydrogen-bond donors (Lipinski definition) is 2. The van der Waals surface area contributed by atoms with E-state index in [1.807, 2.05) is 61.5 Å². The second-order valence-electron chi connectivity index (χ2n) is 7.34. The minimum absolute atomic E-state index is 0.0956. The summed E-state index contributed by atoms with van der Waals surface area (Å²) in [7, 11) is 0. The zero-order chi connectivity index (χ0) is 21.1. The molecule has 0 fully saturated rings. The number of thioether (sulfide) groups is 1. The summed E-state index contributed by atoms with van der Waals surface area (Å²) in [6, 6.07) is 17.2. The largest absolute Gasteiger partial charge is 0.345 e. The van der Waals surface area contributed by atoms with Crippen LogP contribution in [0.1, 0.15) is 32.6 Å². The number of para-hydroxylation sites is 3. The monoisotopic (exact) mass is 421 g/mol. The molecular formula is C21H23N7OS. The van der Waals surface area contributed by atoms with Crippen molar-refractivity contribution in [2.45, 2.75) is 37.2 Å². The van der Waals surface area contributed by atoms with Gasteiger partial charge in [0.1, 0.15) is 5.82 Å². The molecular weight excluding hydrogens is 398 g/mol. The van der Waals surface area contributed by atoms with E-state index in [1.54, 1.807) is 4.68 Å². The van der Waals surface area contributed by atoms with Gasteiger partial charge in [-0.05, 0) is 47.5 Å². The molecule has 0 radical (unpaired) electrons. The zero-order valence-electron chi connectivity index (χ0n) is 17.0. The Balaban J connectivity index is 1.49. The molecule has 154 valence electrons. The molecule has 0 saturated heterocycles. The fourth-order valence-electron chi connectivity index (χ4n) is 3.14. The molecule has 2 aromatic heterocycles. The smallest absolute Gasteiger partial charge is 0.233 e. The van der Waals surface area contributed by atoms with Gasteiger partial charge >= 0.3 is 0 Å². The van der Waals surface area contributed by atoms with Crippen molar-refractivity contribution >= 4 is 28.7 Å². The minimum atomic E-state index is -0.385. The first-order valence-electron chi connectivity index (χ1n) is 9.78. The molecule has 0 bridgehead atoms. The number of carbonyl (C=O) groups is 1. The van der Waals surface area contributed by atoms with Crippen molar-refractivity contribution in [3.05, 3.63) is 60.4 Å². The topological polar surface area (TPSA) is 101 Å². The lowest BCUT2D eigenvalue weighted by atomic mass is 10.0. The Morgan fingerprint density at radius 3 is 2.53 bits per heavy atom. The van der Waals surface area contributed by atoms with E-state index in [4.69, 9.17) is 0 Å². The molecule has 2 heterocycles. The minimum Gasteiger partial charge on any atom is -0.345 e. The summed E-state index contributed by atoms with van der Waals surface area (Å²) >= 11 is 1.32. The lowest BCUT2D eigenvalue weighted by Gasteiger charge is -2.22. The van der Waals surface area contributed by atoms with E-state index in [-0.39, 0.29) is 23.1 Å². The van der Waals surface area contributed by atoms with Gasteiger partial charge < -0.3 is 10.3 Å². The van der Waals surface area contributed by atoms with Crippen molar-refractivity contribution in [1.82, 2.24) is 35.5 Å². The Morgan fingerprint density at radius 2 is 1.80 bits per heavy atom. The van der Waals surface area contributed by atoms with E-state index in [9.17, 15) is 4.79 Å². The van der Waals surface area contributed by atoms with E-state index in [1.165, 1.54) is 11.8 Å². The van der Waals surface area contributed by atoms with Crippen molar-refractivity contribution in [2.75, 3.05) is 0 Å². The third kappa shape index (κ3) is 4.20. The molecule has 0 aliphatic rings. The molecule has 1 amide bonds. The lowest BCUT2D eigenvalue weighted by Crippen LogP contribution is -2.37. The molecule has 9 heteroatoms. The number of aromatic amines is 1. The fourth-order valence-corrected chi connectivity index (χ4v) is 3.95. The van der Waals surface area contributed by atoms with Crippen LogP contribution in [-0.4, -0.2) is 41.3 Å². The predicted octanol–water partition coefficient (Wildman–Crippen LogP) is 3.53. The number of nitrogens with zero attached hydrogens (tertiary/aromatic N) is 5. The lowest BCUT2D eigenvalue weighted by molar-refractivity contribution is -0.121. The summed E-state index contributed by atoms with van der Waals surface area (Å²) in [5.41, 5.74) is 2.69. The molecule has 0 aliphatic carbocycles. The summed E-state index contributed by atoms with van der Waals surface area (Å²) in [4.78, 5) is 21.0. The number of fused-ring (bicyclic) bond motifs is 1. The van der Waals surface area contributed by atoms with E-state index in [2.05, 4.69) is 44.7 Å². The summed E-state index contributed by atoms with van der Waals surface area (Å²) in [6.07, 6.45) is 0. The van der Waals surface area contributed by atoms with Gasteiger partial charge in [0.25, 0.3) is 0 Å². The summed E-state index contributed by atoms with van der Waals surface area (Å²) in [5.74, 6) is 0.828. The summed E-state index contributed by atoms with van der Waals surface area (Å²) in [6.45, 7) is 5.97. The quantitative estimate of drug-likeness (QED) is 0.443. The van der Waals surface area contributed by atoms with Crippen molar-refractivity contribution in [1.29, 1.82) is 0 Å². The normalized spacial score (nSPS) is 13.5. The van der Waals surface area contributed by atoms with Crippen molar-refractivity contribution in [2.24, 2.45) is 5.92 Å². The molecule has 2 N–H and O–H groups in total. The standard InChI is InChI=1S/C21H23N7OS/c1-13(2)18(19-22-16-11-7-8-12-17(16)23-19)24-20(29)14(3)30-21-25-26-27-28(21)15-9-5-4-6-10-15/h4-14,18H,1-3H3,(H,22,23)(H,24,29). The molecule has 8 nitrogen and oxygen atoms in total. The highest BCUT2D eigenvalue weighted by molar-refractivity contribution is 8.00. The average Bonchev–Trinajstić information content (AvgIpc) is 3.38. The number of nitrogens with one attached hydrogen (secondary N) is 2. The average molecular weight is 422 g/mol. The van der Waals surface area contributed by atoms with Gasteiger partial charge in [0.05, 0.1) is 28.0 Å². The molecule has 0 aliphatic heterocycles. The van der Waals surface area contributed by atoms with E-state index in [0.717, 1.165) is 22.5 Å². The zero-order valence-corrected chi connectivity index (χ0v) is 17.8. The molecule has 4 rings (SSSR count). The molecule has 2 aromatic carbocycles. The van der Waals surface area contributed by atoms with Crippen LogP contribution in [0.5, 0.6) is 0 Å². The Bertz CT molecular complexity index is 1110. The maximum Gasteiger partial charge on any atom is 0.233 e. The first-order chi connectivity index (χ1) is 14.5. The third-order valence-corrected chi connectivity index (χ3v) is 5.79. The number of amides is 1. The number of hydrogen-bond acceptors (Lipinski definition) is 6. The van der Waals surface area contributed by atoms with Crippen LogP contribution in [-0.2, 0) is 4.79 Å². The van der Waals surface area contributed by atoms with Crippen molar-refractivity contribution in [3.63, 3.8) is 0 Å². The van der Waals surface area contributed by atoms with Crippen LogP contribution in [0.2, 0.25) is 0 Å². The van der Waals surface area contributed by atoms with Crippen molar-refractivity contribution in [3.8, 4) is 5.69 Å². The number of carbonyl (C=O) groups excluding carboxylic acids is 1. The Hall–Kier alpha value is -3.20. The van der Waals surface area contributed by atoms with Gasteiger partial charge in [0.15, 0.2) is 0 Å². The Morgan fingerprint density at radius 1 is 1.07 bits per heavy atom. The number of benzene rings is 2. The van der Waals surface area contributed by atoms with Gasteiger partial charge in [-0.15, -0.1) is 5.10 Å². The number of H-pyrrole nitrogens is 1. The second kappa shape index (κ2) is 8.66. The predicted molar refractivity (Wildman–Crippen MR) is 116 cm³/mol. The van der Waals surface area contributed by atoms with Crippen LogP contribution < -0.4 is 5.32 Å². The fraction of sp³-hybridized carbons (Fsp3) is 0.286. The molecule has 0 saturated carbocycles. The van der Waals surface area contributed by atoms with Crippen LogP contribution in [0.25, 0.3) is 16.7 Å². The van der Waals surface area contributed by atoms with Gasteiger partial charge in [-0.25, -0.2) is 4.98 Å². The summed E-state index contributed by atoms with van der Waals surface area (Å²) < 4.78 is 1.63. The van der Waals surface area contributed by atoms with Gasteiger partial charge in [0.2, 0.25) is 11.1 Å². The highest BCUT2D eigenvalue weighted by Crippen LogP contribution is 2.26. The number of aromatic nitrogens is 6. The van der Waals surface area contributed by atoms with Crippen LogP contribution in [0.3, 0.4) is 0 Å². The van der Waals surface area contributed by atoms with E-state index < -0.39 is 0 Å². The summed E-state index contributed by atoms with van der Waals surface area (Å²) in [5, 5.41) is 15.2. The van der Waals surface area contributed by atoms with Gasteiger partial charge in [-0.3, -0.25) is 4.79 Å². The van der Waals surface area contributed by atoms with Crippen LogP contribution >= 0.6 is 11.8 Å². The molecule has 2 unspecified atom stereocenters. The number of tetrazole rings is 1.